The van der Waals surface area contributed by atoms with Gasteiger partial charge in [-0.1, -0.05) is 6.07 Å². The first-order chi connectivity index (χ1) is 7.11. The SMILES string of the molecule is Cc1cc(C)c(C)c(-c2ccn[nH]2)c1C. The van der Waals surface area contributed by atoms with Crippen molar-refractivity contribution in [1.82, 2.24) is 10.2 Å². The summed E-state index contributed by atoms with van der Waals surface area (Å²) in [6, 6.07) is 4.26. The molecule has 0 unspecified atom stereocenters. The van der Waals surface area contributed by atoms with Crippen molar-refractivity contribution in [1.29, 1.82) is 0 Å². The number of aromatic nitrogens is 2. The highest BCUT2D eigenvalue weighted by atomic mass is 15.1. The summed E-state index contributed by atoms with van der Waals surface area (Å²) in [6.45, 7) is 8.64. The van der Waals surface area contributed by atoms with Crippen molar-refractivity contribution in [3.05, 3.63) is 40.6 Å². The van der Waals surface area contributed by atoms with Crippen molar-refractivity contribution in [3.63, 3.8) is 0 Å². The van der Waals surface area contributed by atoms with Crippen molar-refractivity contribution >= 4 is 0 Å². The largest absolute Gasteiger partial charge is 0.278 e. The Kier molecular flexibility index (Phi) is 2.35. The van der Waals surface area contributed by atoms with E-state index >= 15 is 0 Å². The van der Waals surface area contributed by atoms with Gasteiger partial charge < -0.3 is 0 Å². The lowest BCUT2D eigenvalue weighted by Gasteiger charge is -2.13. The van der Waals surface area contributed by atoms with Gasteiger partial charge in [-0.3, -0.25) is 5.10 Å². The maximum atomic E-state index is 4.02. The van der Waals surface area contributed by atoms with Crippen LogP contribution in [0.4, 0.5) is 0 Å². The maximum absolute atomic E-state index is 4.02. The highest BCUT2D eigenvalue weighted by Crippen LogP contribution is 2.29. The van der Waals surface area contributed by atoms with Gasteiger partial charge in [0.05, 0.1) is 5.69 Å². The molecule has 0 aliphatic rings. The summed E-state index contributed by atoms with van der Waals surface area (Å²) in [5.41, 5.74) is 7.75. The summed E-state index contributed by atoms with van der Waals surface area (Å²) in [7, 11) is 0. The average Bonchev–Trinajstić information content (AvgIpc) is 2.69. The zero-order valence-electron chi connectivity index (χ0n) is 9.68. The van der Waals surface area contributed by atoms with Gasteiger partial charge in [0.15, 0.2) is 0 Å². The fourth-order valence-electron chi connectivity index (χ4n) is 2.02. The third-order valence-electron chi connectivity index (χ3n) is 3.14. The number of nitrogens with one attached hydrogen (secondary N) is 1. The first-order valence-corrected chi connectivity index (χ1v) is 5.18. The summed E-state index contributed by atoms with van der Waals surface area (Å²) in [5, 5.41) is 7.05. The van der Waals surface area contributed by atoms with E-state index in [1.54, 1.807) is 6.20 Å². The standard InChI is InChI=1S/C13H16N2/c1-8-7-9(2)11(4)13(10(8)3)12-5-6-14-15-12/h5-7H,1-4H3,(H,14,15). The molecule has 0 amide bonds. The van der Waals surface area contributed by atoms with Crippen LogP contribution in [0.15, 0.2) is 18.3 Å². The maximum Gasteiger partial charge on any atom is 0.0655 e. The van der Waals surface area contributed by atoms with E-state index < -0.39 is 0 Å². The molecule has 0 saturated heterocycles. The summed E-state index contributed by atoms with van der Waals surface area (Å²) in [4.78, 5) is 0. The average molecular weight is 200 g/mol. The minimum absolute atomic E-state index is 1.11. The van der Waals surface area contributed by atoms with E-state index in [2.05, 4.69) is 44.0 Å². The second-order valence-corrected chi connectivity index (χ2v) is 4.11. The van der Waals surface area contributed by atoms with Crippen molar-refractivity contribution in [2.45, 2.75) is 27.7 Å². The molecule has 0 bridgehead atoms. The Morgan fingerprint density at radius 1 is 1.00 bits per heavy atom. The van der Waals surface area contributed by atoms with Crippen LogP contribution in [0.3, 0.4) is 0 Å². The highest BCUT2D eigenvalue weighted by Gasteiger charge is 2.10. The van der Waals surface area contributed by atoms with E-state index in [0.717, 1.165) is 5.69 Å². The van der Waals surface area contributed by atoms with Crippen LogP contribution >= 0.6 is 0 Å². The van der Waals surface area contributed by atoms with Crippen molar-refractivity contribution in [2.24, 2.45) is 0 Å². The van der Waals surface area contributed by atoms with Gasteiger partial charge in [0.25, 0.3) is 0 Å². The molecule has 0 atom stereocenters. The van der Waals surface area contributed by atoms with Crippen LogP contribution < -0.4 is 0 Å². The van der Waals surface area contributed by atoms with E-state index in [1.165, 1.54) is 27.8 Å². The van der Waals surface area contributed by atoms with Crippen LogP contribution in [0.2, 0.25) is 0 Å². The minimum atomic E-state index is 1.11. The van der Waals surface area contributed by atoms with Crippen LogP contribution in [-0.2, 0) is 0 Å². The van der Waals surface area contributed by atoms with Crippen molar-refractivity contribution < 1.29 is 0 Å². The van der Waals surface area contributed by atoms with Gasteiger partial charge in [0.2, 0.25) is 0 Å². The van der Waals surface area contributed by atoms with E-state index in [9.17, 15) is 0 Å². The first kappa shape index (κ1) is 9.97. The fraction of sp³-hybridized carbons (Fsp3) is 0.308. The van der Waals surface area contributed by atoms with Crippen molar-refractivity contribution in [2.75, 3.05) is 0 Å². The Morgan fingerprint density at radius 3 is 2.07 bits per heavy atom. The number of nitrogens with zero attached hydrogens (tertiary/aromatic N) is 1. The molecule has 1 aromatic carbocycles. The molecule has 0 fully saturated rings. The highest BCUT2D eigenvalue weighted by molar-refractivity contribution is 5.70. The topological polar surface area (TPSA) is 28.7 Å². The molecule has 0 radical (unpaired) electrons. The summed E-state index contributed by atoms with van der Waals surface area (Å²) in [6.07, 6.45) is 1.80. The second-order valence-electron chi connectivity index (χ2n) is 4.11. The van der Waals surface area contributed by atoms with Gasteiger partial charge in [0.1, 0.15) is 0 Å². The molecule has 0 saturated carbocycles. The van der Waals surface area contributed by atoms with Crippen LogP contribution in [0.5, 0.6) is 0 Å². The number of H-pyrrole nitrogens is 1. The zero-order valence-corrected chi connectivity index (χ0v) is 9.68. The third-order valence-corrected chi connectivity index (χ3v) is 3.14. The molecular weight excluding hydrogens is 184 g/mol. The third kappa shape index (κ3) is 1.56. The molecule has 1 N–H and O–H groups in total. The van der Waals surface area contributed by atoms with E-state index in [-0.39, 0.29) is 0 Å². The summed E-state index contributed by atoms with van der Waals surface area (Å²) < 4.78 is 0. The molecule has 15 heavy (non-hydrogen) atoms. The lowest BCUT2D eigenvalue weighted by atomic mass is 9.92. The molecule has 1 heterocycles. The fourth-order valence-corrected chi connectivity index (χ4v) is 2.02. The lowest BCUT2D eigenvalue weighted by Crippen LogP contribution is -1.95. The van der Waals surface area contributed by atoms with Gasteiger partial charge in [0, 0.05) is 11.8 Å². The molecule has 0 spiro atoms. The van der Waals surface area contributed by atoms with Gasteiger partial charge >= 0.3 is 0 Å². The van der Waals surface area contributed by atoms with Crippen molar-refractivity contribution in [3.8, 4) is 11.3 Å². The molecular formula is C13H16N2. The summed E-state index contributed by atoms with van der Waals surface area (Å²) >= 11 is 0. The number of aryl methyl sites for hydroxylation is 2. The van der Waals surface area contributed by atoms with Crippen LogP contribution in [0.25, 0.3) is 11.3 Å². The van der Waals surface area contributed by atoms with Crippen LogP contribution in [-0.4, -0.2) is 10.2 Å². The molecule has 2 heteroatoms. The molecule has 2 aromatic rings. The number of benzene rings is 1. The molecule has 78 valence electrons. The smallest absolute Gasteiger partial charge is 0.0655 e. The van der Waals surface area contributed by atoms with Crippen LogP contribution in [0, 0.1) is 27.7 Å². The molecule has 2 rings (SSSR count). The molecule has 0 aliphatic carbocycles. The number of aromatic amines is 1. The number of hydrogen-bond acceptors (Lipinski definition) is 1. The number of hydrogen-bond donors (Lipinski definition) is 1. The zero-order chi connectivity index (χ0) is 11.0. The van der Waals surface area contributed by atoms with Crippen LogP contribution in [0.1, 0.15) is 22.3 Å². The summed E-state index contributed by atoms with van der Waals surface area (Å²) in [5.74, 6) is 0. The Hall–Kier alpha value is -1.57. The minimum Gasteiger partial charge on any atom is -0.278 e. The van der Waals surface area contributed by atoms with E-state index in [0.29, 0.717) is 0 Å². The molecule has 0 aliphatic heterocycles. The first-order valence-electron chi connectivity index (χ1n) is 5.18. The normalized spacial score (nSPS) is 10.7. The Balaban J connectivity index is 2.75. The number of rotatable bonds is 1. The van der Waals surface area contributed by atoms with Gasteiger partial charge in [-0.25, -0.2) is 0 Å². The lowest BCUT2D eigenvalue weighted by molar-refractivity contribution is 1.09. The predicted octanol–water partition coefficient (Wildman–Crippen LogP) is 3.31. The Morgan fingerprint density at radius 2 is 1.60 bits per heavy atom. The quantitative estimate of drug-likeness (QED) is 0.751. The van der Waals surface area contributed by atoms with Gasteiger partial charge in [-0.15, -0.1) is 0 Å². The molecule has 2 nitrogen and oxygen atoms in total. The second kappa shape index (κ2) is 3.54. The monoisotopic (exact) mass is 200 g/mol. The van der Waals surface area contributed by atoms with E-state index in [1.807, 2.05) is 6.07 Å². The Bertz CT molecular complexity index is 455. The Labute approximate surface area is 90.3 Å². The van der Waals surface area contributed by atoms with E-state index in [4.69, 9.17) is 0 Å². The predicted molar refractivity (Wildman–Crippen MR) is 63.0 cm³/mol. The molecule has 1 aromatic heterocycles. The van der Waals surface area contributed by atoms with Gasteiger partial charge in [-0.05, 0) is 56.0 Å². The van der Waals surface area contributed by atoms with Gasteiger partial charge in [-0.2, -0.15) is 5.10 Å².